The zero-order valence-corrected chi connectivity index (χ0v) is 17.4. The first-order valence-electron chi connectivity index (χ1n) is 7.64. The third-order valence-corrected chi connectivity index (χ3v) is 6.36. The molecule has 0 atom stereocenters. The molecule has 2 aromatic rings. The number of hydrogen-bond donors (Lipinski definition) is 1. The van der Waals surface area contributed by atoms with Crippen LogP contribution < -0.4 is 23.8 Å². The lowest BCUT2D eigenvalue weighted by molar-refractivity contribution is 0.256. The van der Waals surface area contributed by atoms with Crippen LogP contribution in [-0.4, -0.2) is 65.3 Å². The van der Waals surface area contributed by atoms with Gasteiger partial charge in [0.1, 0.15) is 0 Å². The van der Waals surface area contributed by atoms with E-state index < -0.39 is 37.1 Å². The lowest BCUT2D eigenvalue weighted by Crippen LogP contribution is -2.43. The van der Waals surface area contributed by atoms with Crippen molar-refractivity contribution in [2.45, 2.75) is 5.03 Å². The minimum Gasteiger partial charge on any atom is -0.481 e. The zero-order valence-electron chi connectivity index (χ0n) is 15.8. The maximum atomic E-state index is 13.2. The summed E-state index contributed by atoms with van der Waals surface area (Å²) in [6.45, 7) is 0. The summed E-state index contributed by atoms with van der Waals surface area (Å²) in [5.74, 6) is -0.891. The van der Waals surface area contributed by atoms with Gasteiger partial charge in [-0.2, -0.15) is 18.4 Å². The number of sulfonamides is 2. The molecule has 0 fully saturated rings. The van der Waals surface area contributed by atoms with Crippen molar-refractivity contribution in [2.24, 2.45) is 5.73 Å². The minimum atomic E-state index is -4.83. The van der Waals surface area contributed by atoms with Crippen molar-refractivity contribution < 1.29 is 31.1 Å². The van der Waals surface area contributed by atoms with Crippen LogP contribution in [0.5, 0.6) is 11.8 Å². The number of nitrogens with zero attached hydrogens (tertiary/aromatic N) is 5. The van der Waals surface area contributed by atoms with Gasteiger partial charge in [0.25, 0.3) is 16.0 Å². The lowest BCUT2D eigenvalue weighted by atomic mass is 10.4. The van der Waals surface area contributed by atoms with Crippen LogP contribution in [0.1, 0.15) is 0 Å². The van der Waals surface area contributed by atoms with Gasteiger partial charge in [0.2, 0.25) is 26.8 Å². The fourth-order valence-corrected chi connectivity index (χ4v) is 4.03. The van der Waals surface area contributed by atoms with E-state index in [1.165, 1.54) is 32.4 Å². The third kappa shape index (κ3) is 4.45. The molecule has 0 aliphatic rings. The molecule has 2 aromatic heterocycles. The first-order valence-corrected chi connectivity index (χ1v) is 10.9. The van der Waals surface area contributed by atoms with E-state index in [4.69, 9.17) is 15.2 Å². The highest BCUT2D eigenvalue weighted by Crippen LogP contribution is 2.30. The number of urea groups is 1. The number of amides is 2. The average Bonchev–Trinajstić information content (AvgIpc) is 2.65. The maximum Gasteiger partial charge on any atom is 0.336 e. The van der Waals surface area contributed by atoms with Crippen molar-refractivity contribution in [3.63, 3.8) is 0 Å². The Balaban J connectivity index is 2.75. The Morgan fingerprint density at radius 2 is 1.66 bits per heavy atom. The number of primary amides is 1. The van der Waals surface area contributed by atoms with E-state index in [2.05, 4.69) is 15.0 Å². The van der Waals surface area contributed by atoms with Crippen molar-refractivity contribution in [2.75, 3.05) is 36.1 Å². The van der Waals surface area contributed by atoms with E-state index in [1.807, 2.05) is 0 Å². The van der Waals surface area contributed by atoms with Crippen LogP contribution in [0.25, 0.3) is 0 Å². The van der Waals surface area contributed by atoms with E-state index in [0.717, 1.165) is 19.5 Å². The Morgan fingerprint density at radius 3 is 2.10 bits per heavy atom. The summed E-state index contributed by atoms with van der Waals surface area (Å²) in [4.78, 5) is 23.4. The number of methoxy groups -OCH3 is 2. The standard InChI is InChI=1S/C14H18N6O7S2/c1-19(28(4,22)23)9-6-5-7-16-12(9)29(24,25)20(13(15)21)14-17-10(26-2)8-11(18-14)27-3/h5-8H,1-4H3,(H2,15,21). The van der Waals surface area contributed by atoms with Gasteiger partial charge in [-0.15, -0.1) is 4.31 Å². The first-order chi connectivity index (χ1) is 13.4. The van der Waals surface area contributed by atoms with Gasteiger partial charge in [-0.05, 0) is 12.1 Å². The van der Waals surface area contributed by atoms with Crippen molar-refractivity contribution in [1.29, 1.82) is 0 Å². The molecule has 0 bridgehead atoms. The summed E-state index contributed by atoms with van der Waals surface area (Å²) in [5, 5.41) is -0.753. The van der Waals surface area contributed by atoms with Gasteiger partial charge >= 0.3 is 6.03 Å². The number of rotatable bonds is 7. The summed E-state index contributed by atoms with van der Waals surface area (Å²) in [7, 11) is -5.04. The number of pyridine rings is 1. The molecular weight excluding hydrogens is 428 g/mol. The van der Waals surface area contributed by atoms with E-state index in [0.29, 0.717) is 4.31 Å². The van der Waals surface area contributed by atoms with E-state index in [9.17, 15) is 21.6 Å². The predicted molar refractivity (Wildman–Crippen MR) is 102 cm³/mol. The summed E-state index contributed by atoms with van der Waals surface area (Å²) in [5.41, 5.74) is 4.96. The molecule has 0 unspecified atom stereocenters. The Bertz CT molecular complexity index is 1110. The van der Waals surface area contributed by atoms with Crippen LogP contribution in [0, 0.1) is 0 Å². The number of carbonyl (C=O) groups excluding carboxylic acids is 1. The summed E-state index contributed by atoms with van der Waals surface area (Å²) >= 11 is 0. The van der Waals surface area contributed by atoms with Crippen molar-refractivity contribution in [3.8, 4) is 11.8 Å². The molecule has 15 heteroatoms. The van der Waals surface area contributed by atoms with Crippen LogP contribution in [0.4, 0.5) is 16.4 Å². The third-order valence-electron chi connectivity index (χ3n) is 3.54. The van der Waals surface area contributed by atoms with Crippen LogP contribution in [-0.2, 0) is 20.0 Å². The minimum absolute atomic E-state index is 0.0694. The second kappa shape index (κ2) is 8.04. The lowest BCUT2D eigenvalue weighted by Gasteiger charge is -2.23. The van der Waals surface area contributed by atoms with Gasteiger partial charge in [0.15, 0.2) is 0 Å². The number of hydrogen-bond acceptors (Lipinski definition) is 10. The molecule has 0 spiro atoms. The predicted octanol–water partition coefficient (Wildman–Crippen LogP) is -0.441. The molecule has 29 heavy (non-hydrogen) atoms. The molecule has 0 saturated heterocycles. The Kier molecular flexibility index (Phi) is 6.13. The largest absolute Gasteiger partial charge is 0.481 e. The molecule has 0 radical (unpaired) electrons. The smallest absolute Gasteiger partial charge is 0.336 e. The number of aromatic nitrogens is 3. The van der Waals surface area contributed by atoms with E-state index in [1.54, 1.807) is 0 Å². The SMILES string of the molecule is COc1cc(OC)nc(N(C(N)=O)S(=O)(=O)c2ncccc2N(C)S(C)(=O)=O)n1. The van der Waals surface area contributed by atoms with Crippen molar-refractivity contribution >= 4 is 37.7 Å². The molecule has 2 N–H and O–H groups in total. The Hall–Kier alpha value is -3.20. The topological polar surface area (TPSA) is 175 Å². The molecule has 13 nitrogen and oxygen atoms in total. The van der Waals surface area contributed by atoms with Gasteiger partial charge in [0, 0.05) is 13.2 Å². The highest BCUT2D eigenvalue weighted by atomic mass is 32.2. The summed E-state index contributed by atoms with van der Waals surface area (Å²) < 4.78 is 60.8. The molecule has 2 heterocycles. The van der Waals surface area contributed by atoms with E-state index >= 15 is 0 Å². The Morgan fingerprint density at radius 1 is 1.10 bits per heavy atom. The second-order valence-electron chi connectivity index (χ2n) is 5.42. The van der Waals surface area contributed by atoms with Gasteiger partial charge in [-0.25, -0.2) is 18.2 Å². The van der Waals surface area contributed by atoms with Crippen LogP contribution >= 0.6 is 0 Å². The van der Waals surface area contributed by atoms with Crippen molar-refractivity contribution in [1.82, 2.24) is 15.0 Å². The zero-order chi connectivity index (χ0) is 22.0. The molecular formula is C14H18N6O7S2. The van der Waals surface area contributed by atoms with Gasteiger partial charge in [-0.1, -0.05) is 0 Å². The Labute approximate surface area is 167 Å². The molecule has 0 aromatic carbocycles. The van der Waals surface area contributed by atoms with Gasteiger partial charge in [-0.3, -0.25) is 4.31 Å². The molecule has 0 aliphatic heterocycles. The average molecular weight is 446 g/mol. The molecule has 158 valence electrons. The van der Waals surface area contributed by atoms with Gasteiger partial charge < -0.3 is 15.2 Å². The number of nitrogens with two attached hydrogens (primary N) is 1. The fraction of sp³-hybridized carbons (Fsp3) is 0.286. The van der Waals surface area contributed by atoms with Crippen LogP contribution in [0.2, 0.25) is 0 Å². The highest BCUT2D eigenvalue weighted by Gasteiger charge is 2.37. The fourth-order valence-electron chi connectivity index (χ4n) is 2.10. The normalized spacial score (nSPS) is 11.6. The highest BCUT2D eigenvalue weighted by molar-refractivity contribution is 7.94. The quantitative estimate of drug-likeness (QED) is 0.586. The molecule has 0 saturated carbocycles. The monoisotopic (exact) mass is 446 g/mol. The molecule has 2 amide bonds. The maximum absolute atomic E-state index is 13.2. The number of anilines is 2. The van der Waals surface area contributed by atoms with E-state index in [-0.39, 0.29) is 21.8 Å². The van der Waals surface area contributed by atoms with Crippen molar-refractivity contribution in [3.05, 3.63) is 24.4 Å². The summed E-state index contributed by atoms with van der Waals surface area (Å²) in [6.07, 6.45) is 1.98. The van der Waals surface area contributed by atoms with Gasteiger partial charge in [0.05, 0.1) is 32.2 Å². The summed E-state index contributed by atoms with van der Waals surface area (Å²) in [6, 6.07) is 2.32. The number of carbonyl (C=O) groups is 1. The molecule has 0 aliphatic carbocycles. The molecule has 2 rings (SSSR count). The first kappa shape index (κ1) is 22.1. The van der Waals surface area contributed by atoms with Crippen LogP contribution in [0.15, 0.2) is 29.4 Å². The second-order valence-corrected chi connectivity index (χ2v) is 9.13. The van der Waals surface area contributed by atoms with Crippen LogP contribution in [0.3, 0.4) is 0 Å². The number of ether oxygens (including phenoxy) is 2.